The molecule has 1 aliphatic heterocycles. The zero-order valence-corrected chi connectivity index (χ0v) is 17.3. The van der Waals surface area contributed by atoms with Gasteiger partial charge in [0.05, 0.1) is 18.0 Å². The molecule has 0 unspecified atom stereocenters. The number of anilines is 1. The summed E-state index contributed by atoms with van der Waals surface area (Å²) in [6.07, 6.45) is -1.54. The highest BCUT2D eigenvalue weighted by atomic mass is 19.4. The molecule has 0 saturated heterocycles. The minimum Gasteiger partial charge on any atom is -0.467 e. The molecule has 1 aliphatic rings. The van der Waals surface area contributed by atoms with Crippen LogP contribution in [0.4, 0.5) is 19.0 Å². The van der Waals surface area contributed by atoms with Crippen LogP contribution in [0.3, 0.4) is 0 Å². The lowest BCUT2D eigenvalue weighted by molar-refractivity contribution is -0.174. The number of aryl methyl sites for hydroxylation is 2. The maximum Gasteiger partial charge on any atom is 0.410 e. The Morgan fingerprint density at radius 2 is 2.16 bits per heavy atom. The van der Waals surface area contributed by atoms with E-state index in [1.54, 1.807) is 23.9 Å². The van der Waals surface area contributed by atoms with Gasteiger partial charge in [0.1, 0.15) is 11.6 Å². The first-order valence-corrected chi connectivity index (χ1v) is 9.92. The van der Waals surface area contributed by atoms with E-state index in [4.69, 9.17) is 4.42 Å². The zero-order valence-electron chi connectivity index (χ0n) is 17.3. The highest BCUT2D eigenvalue weighted by molar-refractivity contribution is 5.93. The lowest BCUT2D eigenvalue weighted by Gasteiger charge is -2.32. The number of aromatic nitrogens is 4. The summed E-state index contributed by atoms with van der Waals surface area (Å²) in [5.74, 6) is 0.0552. The van der Waals surface area contributed by atoms with Gasteiger partial charge in [0.25, 0.3) is 5.91 Å². The largest absolute Gasteiger partial charge is 0.467 e. The number of nitrogens with zero attached hydrogens (tertiary/aromatic N) is 5. The SMILES string of the molecule is CCn1cc(CN(C)C(=O)c2cc3n(n2)[C@H](C(F)(F)F)C[C@H](c2ccco2)N3)c(C)n1. The smallest absolute Gasteiger partial charge is 0.410 e. The number of amides is 1. The number of rotatable bonds is 5. The average molecular weight is 436 g/mol. The number of alkyl halides is 3. The first-order valence-electron chi connectivity index (χ1n) is 9.92. The fourth-order valence-corrected chi connectivity index (χ4v) is 3.75. The number of furan rings is 1. The molecule has 0 aromatic carbocycles. The van der Waals surface area contributed by atoms with Crippen molar-refractivity contribution >= 4 is 11.7 Å². The van der Waals surface area contributed by atoms with Crippen molar-refractivity contribution in [3.05, 3.63) is 53.4 Å². The zero-order chi connectivity index (χ0) is 22.3. The first-order chi connectivity index (χ1) is 14.7. The third-order valence-electron chi connectivity index (χ3n) is 5.42. The summed E-state index contributed by atoms with van der Waals surface area (Å²) in [4.78, 5) is 14.3. The molecule has 0 aliphatic carbocycles. The van der Waals surface area contributed by atoms with Gasteiger partial charge < -0.3 is 14.6 Å². The monoisotopic (exact) mass is 436 g/mol. The van der Waals surface area contributed by atoms with E-state index in [-0.39, 0.29) is 24.5 Å². The second-order valence-electron chi connectivity index (χ2n) is 7.62. The molecule has 31 heavy (non-hydrogen) atoms. The Labute approximate surface area is 176 Å². The maximum atomic E-state index is 13.7. The van der Waals surface area contributed by atoms with E-state index < -0.39 is 24.2 Å². The van der Waals surface area contributed by atoms with Gasteiger partial charge in [-0.15, -0.1) is 0 Å². The predicted octanol–water partition coefficient (Wildman–Crippen LogP) is 3.93. The summed E-state index contributed by atoms with van der Waals surface area (Å²) < 4.78 is 49.1. The van der Waals surface area contributed by atoms with Crippen molar-refractivity contribution < 1.29 is 22.4 Å². The van der Waals surface area contributed by atoms with E-state index >= 15 is 0 Å². The van der Waals surface area contributed by atoms with Crippen molar-refractivity contribution in [2.45, 2.75) is 51.6 Å². The maximum absolute atomic E-state index is 13.7. The number of nitrogens with one attached hydrogen (secondary N) is 1. The fourth-order valence-electron chi connectivity index (χ4n) is 3.75. The third kappa shape index (κ3) is 4.04. The van der Waals surface area contributed by atoms with Gasteiger partial charge >= 0.3 is 6.18 Å². The lowest BCUT2D eigenvalue weighted by atomic mass is 10.0. The number of halogens is 3. The van der Waals surface area contributed by atoms with Crippen molar-refractivity contribution in [3.8, 4) is 0 Å². The Morgan fingerprint density at radius 3 is 2.77 bits per heavy atom. The number of carbonyl (C=O) groups excluding carboxylic acids is 1. The molecule has 0 radical (unpaired) electrons. The van der Waals surface area contributed by atoms with Crippen LogP contribution >= 0.6 is 0 Å². The van der Waals surface area contributed by atoms with E-state index in [0.29, 0.717) is 12.3 Å². The van der Waals surface area contributed by atoms with Crippen LogP contribution in [0.25, 0.3) is 0 Å². The summed E-state index contributed by atoms with van der Waals surface area (Å²) in [6.45, 7) is 4.79. The minimum atomic E-state index is -4.52. The fraction of sp³-hybridized carbons (Fsp3) is 0.450. The molecule has 3 aromatic rings. The van der Waals surface area contributed by atoms with E-state index in [1.165, 1.54) is 17.2 Å². The lowest BCUT2D eigenvalue weighted by Crippen LogP contribution is -2.35. The van der Waals surface area contributed by atoms with Crippen LogP contribution in [0.2, 0.25) is 0 Å². The summed E-state index contributed by atoms with van der Waals surface area (Å²) in [6, 6.07) is 2.06. The Kier molecular flexibility index (Phi) is 5.28. The number of hydrogen-bond donors (Lipinski definition) is 1. The Hall–Kier alpha value is -3.24. The Bertz CT molecular complexity index is 1070. The van der Waals surface area contributed by atoms with E-state index in [2.05, 4.69) is 15.5 Å². The van der Waals surface area contributed by atoms with Crippen molar-refractivity contribution in [1.29, 1.82) is 0 Å². The molecular weight excluding hydrogens is 413 g/mol. The van der Waals surface area contributed by atoms with E-state index in [0.717, 1.165) is 15.9 Å². The van der Waals surface area contributed by atoms with Gasteiger partial charge in [-0.3, -0.25) is 9.48 Å². The quantitative estimate of drug-likeness (QED) is 0.656. The number of fused-ring (bicyclic) bond motifs is 1. The standard InChI is InChI=1S/C20H23F3N6O2/c1-4-28-11-13(12(2)25-28)10-27(3)19(30)15-9-18-24-14(16-6-5-7-31-16)8-17(20(21,22)23)29(18)26-15/h5-7,9,11,14,17,24H,4,8,10H2,1-3H3/t14-,17+/m1/s1. The van der Waals surface area contributed by atoms with Gasteiger partial charge in [0.15, 0.2) is 11.7 Å². The van der Waals surface area contributed by atoms with Gasteiger partial charge in [-0.2, -0.15) is 23.4 Å². The van der Waals surface area contributed by atoms with Crippen molar-refractivity contribution in [2.24, 2.45) is 0 Å². The van der Waals surface area contributed by atoms with Crippen molar-refractivity contribution in [3.63, 3.8) is 0 Å². The summed E-state index contributed by atoms with van der Waals surface area (Å²) in [7, 11) is 1.59. The topological polar surface area (TPSA) is 81.1 Å². The Balaban J connectivity index is 1.59. The highest BCUT2D eigenvalue weighted by Gasteiger charge is 2.47. The first kappa shape index (κ1) is 21.0. The molecule has 4 heterocycles. The molecule has 0 spiro atoms. The molecule has 8 nitrogen and oxygen atoms in total. The highest BCUT2D eigenvalue weighted by Crippen LogP contribution is 2.43. The summed E-state index contributed by atoms with van der Waals surface area (Å²) in [5.41, 5.74) is 1.61. The van der Waals surface area contributed by atoms with Crippen molar-refractivity contribution in [1.82, 2.24) is 24.5 Å². The molecule has 0 saturated carbocycles. The van der Waals surface area contributed by atoms with Crippen LogP contribution in [0.15, 0.2) is 35.1 Å². The van der Waals surface area contributed by atoms with Crippen LogP contribution in [0.1, 0.15) is 52.9 Å². The summed E-state index contributed by atoms with van der Waals surface area (Å²) in [5, 5.41) is 11.4. The molecule has 2 atom stereocenters. The average Bonchev–Trinajstić information content (AvgIpc) is 3.45. The summed E-state index contributed by atoms with van der Waals surface area (Å²) >= 11 is 0. The van der Waals surface area contributed by atoms with Gasteiger partial charge in [-0.25, -0.2) is 4.68 Å². The van der Waals surface area contributed by atoms with Crippen LogP contribution < -0.4 is 5.32 Å². The molecule has 3 aromatic heterocycles. The number of carbonyl (C=O) groups is 1. The molecule has 0 fully saturated rings. The van der Waals surface area contributed by atoms with Crippen LogP contribution in [-0.2, 0) is 13.1 Å². The molecule has 1 amide bonds. The molecule has 1 N–H and O–H groups in total. The normalized spacial score (nSPS) is 18.5. The van der Waals surface area contributed by atoms with E-state index in [1.807, 2.05) is 20.0 Å². The van der Waals surface area contributed by atoms with Crippen molar-refractivity contribution in [2.75, 3.05) is 12.4 Å². The predicted molar refractivity (Wildman–Crippen MR) is 105 cm³/mol. The van der Waals surface area contributed by atoms with Gasteiger partial charge in [0, 0.05) is 44.4 Å². The molecular formula is C20H23F3N6O2. The molecule has 166 valence electrons. The van der Waals surface area contributed by atoms with Gasteiger partial charge in [-0.1, -0.05) is 0 Å². The van der Waals surface area contributed by atoms with Crippen LogP contribution in [0.5, 0.6) is 0 Å². The second kappa shape index (κ2) is 7.78. The Morgan fingerprint density at radius 1 is 1.39 bits per heavy atom. The molecule has 0 bridgehead atoms. The van der Waals surface area contributed by atoms with Gasteiger partial charge in [0.2, 0.25) is 0 Å². The van der Waals surface area contributed by atoms with E-state index in [9.17, 15) is 18.0 Å². The molecule has 4 rings (SSSR count). The molecule has 11 heteroatoms. The minimum absolute atomic E-state index is 0.0557. The van der Waals surface area contributed by atoms with Crippen LogP contribution in [0, 0.1) is 6.92 Å². The van der Waals surface area contributed by atoms with Crippen LogP contribution in [-0.4, -0.2) is 43.6 Å². The third-order valence-corrected chi connectivity index (χ3v) is 5.42. The van der Waals surface area contributed by atoms with Gasteiger partial charge in [-0.05, 0) is 26.0 Å². The second-order valence-corrected chi connectivity index (χ2v) is 7.62. The number of hydrogen-bond acceptors (Lipinski definition) is 5.